The number of amides is 1. The lowest BCUT2D eigenvalue weighted by atomic mass is 9.99. The van der Waals surface area contributed by atoms with E-state index in [1.807, 2.05) is 39.5 Å². The van der Waals surface area contributed by atoms with Crippen LogP contribution >= 0.6 is 0 Å². The molecular formula is C33H48FN5O5. The topological polar surface area (TPSA) is 109 Å². The minimum atomic E-state index is -0.340. The molecule has 2 N–H and O–H groups in total. The van der Waals surface area contributed by atoms with Crippen LogP contribution in [0.4, 0.5) is 15.9 Å². The number of rotatable bonds is 5. The Kier molecular flexibility index (Phi) is 13.6. The quantitative estimate of drug-likeness (QED) is 0.387. The van der Waals surface area contributed by atoms with Gasteiger partial charge in [0, 0.05) is 44.8 Å². The molecule has 4 heterocycles. The number of hydrogen-bond donors (Lipinski definition) is 2. The van der Waals surface area contributed by atoms with E-state index in [2.05, 4.69) is 15.3 Å². The standard InChI is InChI=1S/C24H25FN4O4.C5H11NO.2C2H6/c1-3-16-17(25)6-5-14-11-15(30)12-19(20(14)16)29-13-18-21(23(29)31)22(27-24(26-18)32-2)28-7-4-9-33-10-8-28;1-7-5-2-3-6-4-5;2*1-2/h5-6,11-12,30H,3-4,7-10,13H2,1-2H3;5-6H,2-4H2,1H3;2*1-2H3. The van der Waals surface area contributed by atoms with E-state index in [-0.39, 0.29) is 30.0 Å². The largest absolute Gasteiger partial charge is 0.508 e. The second-order valence-corrected chi connectivity index (χ2v) is 9.99. The Hall–Kier alpha value is -3.54. The Bertz CT molecular complexity index is 1370. The van der Waals surface area contributed by atoms with E-state index in [9.17, 15) is 14.3 Å². The number of phenols is 1. The van der Waals surface area contributed by atoms with E-state index in [0.717, 1.165) is 19.5 Å². The van der Waals surface area contributed by atoms with E-state index >= 15 is 0 Å². The maximum Gasteiger partial charge on any atom is 0.318 e. The highest BCUT2D eigenvalue weighted by atomic mass is 19.1. The second-order valence-electron chi connectivity index (χ2n) is 9.99. The van der Waals surface area contributed by atoms with Gasteiger partial charge in [0.1, 0.15) is 22.9 Å². The molecule has 11 heteroatoms. The molecule has 0 aliphatic carbocycles. The molecule has 2 aromatic carbocycles. The minimum Gasteiger partial charge on any atom is -0.508 e. The highest BCUT2D eigenvalue weighted by Gasteiger charge is 2.37. The lowest BCUT2D eigenvalue weighted by Gasteiger charge is -2.23. The molecule has 1 atom stereocenters. The number of nitrogens with one attached hydrogen (secondary N) is 1. The van der Waals surface area contributed by atoms with Crippen molar-refractivity contribution in [2.24, 2.45) is 0 Å². The summed E-state index contributed by atoms with van der Waals surface area (Å²) < 4.78 is 30.6. The van der Waals surface area contributed by atoms with Crippen molar-refractivity contribution in [1.29, 1.82) is 0 Å². The molecule has 1 amide bonds. The molecule has 3 aliphatic rings. The van der Waals surface area contributed by atoms with Crippen LogP contribution < -0.4 is 19.9 Å². The van der Waals surface area contributed by atoms with Crippen LogP contribution in [0.25, 0.3) is 10.8 Å². The van der Waals surface area contributed by atoms with Crippen molar-refractivity contribution < 1.29 is 28.5 Å². The highest BCUT2D eigenvalue weighted by Crippen LogP contribution is 2.40. The van der Waals surface area contributed by atoms with Gasteiger partial charge in [-0.25, -0.2) is 4.39 Å². The monoisotopic (exact) mass is 613 g/mol. The van der Waals surface area contributed by atoms with Gasteiger partial charge < -0.3 is 34.4 Å². The maximum atomic E-state index is 14.7. The zero-order valence-electron chi connectivity index (χ0n) is 27.2. The summed E-state index contributed by atoms with van der Waals surface area (Å²) in [6.45, 7) is 14.7. The molecule has 10 nitrogen and oxygen atoms in total. The normalized spacial score (nSPS) is 17.5. The third-order valence-electron chi connectivity index (χ3n) is 7.54. The Labute approximate surface area is 260 Å². The van der Waals surface area contributed by atoms with E-state index < -0.39 is 0 Å². The number of benzene rings is 2. The Morgan fingerprint density at radius 3 is 2.52 bits per heavy atom. The highest BCUT2D eigenvalue weighted by molar-refractivity contribution is 6.16. The molecule has 0 radical (unpaired) electrons. The third kappa shape index (κ3) is 7.75. The molecule has 0 bridgehead atoms. The number of ether oxygens (including phenoxy) is 3. The number of carbonyl (C=O) groups excluding carboxylic acids is 1. The summed E-state index contributed by atoms with van der Waals surface area (Å²) in [4.78, 5) is 26.3. The fraction of sp³-hybridized carbons (Fsp3) is 0.545. The number of carbonyl (C=O) groups is 1. The van der Waals surface area contributed by atoms with E-state index in [4.69, 9.17) is 14.2 Å². The van der Waals surface area contributed by atoms with Crippen LogP contribution in [0.5, 0.6) is 11.8 Å². The fourth-order valence-electron chi connectivity index (χ4n) is 5.50. The molecule has 1 unspecified atom stereocenters. The lowest BCUT2D eigenvalue weighted by Crippen LogP contribution is -2.30. The number of methoxy groups -OCH3 is 2. The van der Waals surface area contributed by atoms with E-state index in [1.165, 1.54) is 30.6 Å². The van der Waals surface area contributed by atoms with Crippen molar-refractivity contribution in [3.05, 3.63) is 46.9 Å². The van der Waals surface area contributed by atoms with Crippen molar-refractivity contribution in [2.75, 3.05) is 63.4 Å². The first-order valence-corrected chi connectivity index (χ1v) is 15.7. The van der Waals surface area contributed by atoms with E-state index in [1.54, 1.807) is 19.2 Å². The molecule has 242 valence electrons. The molecular weight excluding hydrogens is 565 g/mol. The van der Waals surface area contributed by atoms with Crippen molar-refractivity contribution in [2.45, 2.75) is 66.5 Å². The molecule has 44 heavy (non-hydrogen) atoms. The molecule has 1 aromatic heterocycles. The van der Waals surface area contributed by atoms with Gasteiger partial charge in [-0.3, -0.25) is 4.79 Å². The van der Waals surface area contributed by atoms with Crippen LogP contribution in [0.1, 0.15) is 69.1 Å². The van der Waals surface area contributed by atoms with Crippen LogP contribution in [0.3, 0.4) is 0 Å². The average molecular weight is 614 g/mol. The first-order valence-electron chi connectivity index (χ1n) is 15.7. The number of anilines is 2. The van der Waals surface area contributed by atoms with Crippen LogP contribution in [0, 0.1) is 5.82 Å². The predicted molar refractivity (Wildman–Crippen MR) is 173 cm³/mol. The SMILES string of the molecule is CC.CC.CCc1c(F)ccc2cc(O)cc(N3Cc4nc(OC)nc(N5CCCOCC5)c4C3=O)c12.COC1CCNC1. The zero-order valence-corrected chi connectivity index (χ0v) is 27.2. The average Bonchev–Trinajstić information content (AvgIpc) is 3.61. The number of nitrogens with zero attached hydrogens (tertiary/aromatic N) is 4. The van der Waals surface area contributed by atoms with Crippen molar-refractivity contribution in [3.8, 4) is 11.8 Å². The van der Waals surface area contributed by atoms with Gasteiger partial charge in [-0.15, -0.1) is 0 Å². The third-order valence-corrected chi connectivity index (χ3v) is 7.54. The molecule has 2 fully saturated rings. The summed E-state index contributed by atoms with van der Waals surface area (Å²) in [5.41, 5.74) is 1.90. The van der Waals surface area contributed by atoms with Crippen LogP contribution in [-0.2, 0) is 22.4 Å². The summed E-state index contributed by atoms with van der Waals surface area (Å²) >= 11 is 0. The van der Waals surface area contributed by atoms with Crippen LogP contribution in [0.15, 0.2) is 24.3 Å². The van der Waals surface area contributed by atoms with E-state index in [0.29, 0.717) is 77.9 Å². The summed E-state index contributed by atoms with van der Waals surface area (Å²) in [6, 6.07) is 6.28. The van der Waals surface area contributed by atoms with Gasteiger partial charge in [-0.05, 0) is 48.9 Å². The predicted octanol–water partition coefficient (Wildman–Crippen LogP) is 5.48. The van der Waals surface area contributed by atoms with Gasteiger partial charge in [0.15, 0.2) is 0 Å². The van der Waals surface area contributed by atoms with Gasteiger partial charge in [-0.2, -0.15) is 9.97 Å². The Balaban J connectivity index is 0.000000414. The minimum absolute atomic E-state index is 0.00322. The molecule has 3 aromatic rings. The first-order chi connectivity index (χ1) is 21.4. The van der Waals surface area contributed by atoms with Gasteiger partial charge in [-0.1, -0.05) is 40.7 Å². The van der Waals surface area contributed by atoms with Gasteiger partial charge in [0.2, 0.25) is 0 Å². The molecule has 6 rings (SSSR count). The number of aromatic nitrogens is 2. The van der Waals surface area contributed by atoms with Gasteiger partial charge in [0.25, 0.3) is 5.91 Å². The number of phenolic OH excluding ortho intramolecular Hbond substituents is 1. The van der Waals surface area contributed by atoms with Crippen molar-refractivity contribution >= 4 is 28.2 Å². The number of fused-ring (bicyclic) bond motifs is 2. The number of aromatic hydroxyl groups is 1. The van der Waals surface area contributed by atoms with Crippen LogP contribution in [-0.4, -0.2) is 80.7 Å². The number of halogens is 1. The molecule has 3 aliphatic heterocycles. The number of aryl methyl sites for hydroxylation is 1. The molecule has 2 saturated heterocycles. The Morgan fingerprint density at radius 1 is 1.11 bits per heavy atom. The zero-order chi connectivity index (χ0) is 32.2. The summed E-state index contributed by atoms with van der Waals surface area (Å²) in [7, 11) is 3.25. The summed E-state index contributed by atoms with van der Waals surface area (Å²) in [5, 5.41) is 14.9. The van der Waals surface area contributed by atoms with Gasteiger partial charge >= 0.3 is 6.01 Å². The lowest BCUT2D eigenvalue weighted by molar-refractivity contribution is 0.0997. The smallest absolute Gasteiger partial charge is 0.318 e. The summed E-state index contributed by atoms with van der Waals surface area (Å²) in [6.07, 6.45) is 2.93. The first kappa shape index (κ1) is 34.9. The Morgan fingerprint density at radius 2 is 1.89 bits per heavy atom. The van der Waals surface area contributed by atoms with Crippen molar-refractivity contribution in [1.82, 2.24) is 15.3 Å². The number of hydrogen-bond acceptors (Lipinski definition) is 9. The second kappa shape index (κ2) is 17.1. The maximum absolute atomic E-state index is 14.7. The molecule has 0 spiro atoms. The van der Waals surface area contributed by atoms with Crippen molar-refractivity contribution in [3.63, 3.8) is 0 Å². The van der Waals surface area contributed by atoms with Crippen LogP contribution in [0.2, 0.25) is 0 Å². The summed E-state index contributed by atoms with van der Waals surface area (Å²) in [5.74, 6) is -0.108. The molecule has 0 saturated carbocycles. The fourth-order valence-corrected chi connectivity index (χ4v) is 5.50. The van der Waals surface area contributed by atoms with Gasteiger partial charge in [0.05, 0.1) is 37.7 Å².